The van der Waals surface area contributed by atoms with Crippen LogP contribution in [0, 0.1) is 11.8 Å². The third-order valence-corrected chi connectivity index (χ3v) is 5.56. The molecule has 4 heteroatoms. The lowest BCUT2D eigenvalue weighted by Gasteiger charge is -2.27. The minimum atomic E-state index is -0.846. The summed E-state index contributed by atoms with van der Waals surface area (Å²) in [5.74, 6) is -1.70. The van der Waals surface area contributed by atoms with Crippen molar-refractivity contribution in [2.45, 2.75) is 38.0 Å². The van der Waals surface area contributed by atoms with Crippen LogP contribution in [0.25, 0.3) is 0 Å². The molecule has 4 nitrogen and oxygen atoms in total. The molecule has 1 aliphatic carbocycles. The van der Waals surface area contributed by atoms with Crippen molar-refractivity contribution in [1.29, 1.82) is 0 Å². The van der Waals surface area contributed by atoms with Crippen molar-refractivity contribution in [3.63, 3.8) is 0 Å². The van der Waals surface area contributed by atoms with E-state index in [2.05, 4.69) is 29.6 Å². The highest BCUT2D eigenvalue weighted by atomic mass is 16.4. The van der Waals surface area contributed by atoms with Gasteiger partial charge in [-0.1, -0.05) is 73.5 Å². The first-order chi connectivity index (χ1) is 13.2. The highest BCUT2D eigenvalue weighted by Crippen LogP contribution is 2.31. The van der Waals surface area contributed by atoms with Crippen molar-refractivity contribution in [2.24, 2.45) is 11.8 Å². The van der Waals surface area contributed by atoms with Crippen LogP contribution in [-0.2, 0) is 9.59 Å². The number of hydrogen-bond acceptors (Lipinski definition) is 2. The highest BCUT2D eigenvalue weighted by molar-refractivity contribution is 5.84. The summed E-state index contributed by atoms with van der Waals surface area (Å²) in [5.41, 5.74) is 2.44. The Morgan fingerprint density at radius 2 is 1.41 bits per heavy atom. The van der Waals surface area contributed by atoms with Crippen molar-refractivity contribution in [3.8, 4) is 0 Å². The van der Waals surface area contributed by atoms with Gasteiger partial charge in [-0.05, 0) is 30.4 Å². The molecule has 0 saturated heterocycles. The number of carboxylic acid groups (broad SMARTS) is 1. The largest absolute Gasteiger partial charge is 0.481 e. The predicted molar refractivity (Wildman–Crippen MR) is 105 cm³/mol. The molecule has 0 bridgehead atoms. The maximum Gasteiger partial charge on any atom is 0.307 e. The monoisotopic (exact) mass is 365 g/mol. The summed E-state index contributed by atoms with van der Waals surface area (Å²) in [6, 6.07) is 20.6. The number of carbonyl (C=O) groups excluding carboxylic acids is 1. The fraction of sp³-hybridized carbons (Fsp3) is 0.391. The maximum absolute atomic E-state index is 12.6. The molecule has 2 aromatic carbocycles. The van der Waals surface area contributed by atoms with E-state index in [1.807, 2.05) is 36.4 Å². The van der Waals surface area contributed by atoms with E-state index in [1.165, 1.54) is 11.1 Å². The van der Waals surface area contributed by atoms with E-state index in [9.17, 15) is 14.7 Å². The van der Waals surface area contributed by atoms with E-state index in [0.29, 0.717) is 19.4 Å². The Hall–Kier alpha value is -2.62. The fourth-order valence-electron chi connectivity index (χ4n) is 4.11. The number of rotatable bonds is 7. The van der Waals surface area contributed by atoms with E-state index >= 15 is 0 Å². The average Bonchev–Trinajstić information content (AvgIpc) is 2.72. The molecule has 3 rings (SSSR count). The number of amides is 1. The van der Waals surface area contributed by atoms with Gasteiger partial charge in [0.2, 0.25) is 5.91 Å². The van der Waals surface area contributed by atoms with Gasteiger partial charge in [0.05, 0.1) is 11.8 Å². The average molecular weight is 365 g/mol. The molecule has 0 aromatic heterocycles. The van der Waals surface area contributed by atoms with E-state index in [4.69, 9.17) is 0 Å². The van der Waals surface area contributed by atoms with Crippen LogP contribution in [-0.4, -0.2) is 23.5 Å². The van der Waals surface area contributed by atoms with Gasteiger partial charge in [-0.15, -0.1) is 0 Å². The van der Waals surface area contributed by atoms with E-state index in [0.717, 1.165) is 19.3 Å². The lowest BCUT2D eigenvalue weighted by atomic mass is 9.78. The number of carboxylic acids is 1. The molecule has 0 spiro atoms. The summed E-state index contributed by atoms with van der Waals surface area (Å²) in [5, 5.41) is 12.4. The van der Waals surface area contributed by atoms with Crippen molar-refractivity contribution < 1.29 is 14.7 Å². The first-order valence-electron chi connectivity index (χ1n) is 9.77. The molecule has 1 aliphatic rings. The molecule has 0 unspecified atom stereocenters. The molecular formula is C23H27NO3. The Kier molecular flexibility index (Phi) is 6.64. The summed E-state index contributed by atoms with van der Waals surface area (Å²) >= 11 is 0. The normalized spacial score (nSPS) is 19.6. The van der Waals surface area contributed by atoms with Gasteiger partial charge in [0.25, 0.3) is 0 Å². The van der Waals surface area contributed by atoms with Crippen LogP contribution in [0.2, 0.25) is 0 Å². The molecule has 142 valence electrons. The summed E-state index contributed by atoms with van der Waals surface area (Å²) in [6.45, 7) is 0.538. The second-order valence-electron chi connectivity index (χ2n) is 7.29. The zero-order chi connectivity index (χ0) is 19.1. The second-order valence-corrected chi connectivity index (χ2v) is 7.29. The van der Waals surface area contributed by atoms with Gasteiger partial charge in [0, 0.05) is 12.5 Å². The molecule has 27 heavy (non-hydrogen) atoms. The SMILES string of the molecule is O=C(O)[C@H]1CCCC[C@@H]1C(=O)NCCC(c1ccccc1)c1ccccc1. The zero-order valence-corrected chi connectivity index (χ0v) is 15.5. The van der Waals surface area contributed by atoms with Crippen LogP contribution in [0.4, 0.5) is 0 Å². The second kappa shape index (κ2) is 9.36. The van der Waals surface area contributed by atoms with Crippen LogP contribution in [0.15, 0.2) is 60.7 Å². The first-order valence-corrected chi connectivity index (χ1v) is 9.77. The summed E-state index contributed by atoms with van der Waals surface area (Å²) in [6.07, 6.45) is 3.88. The van der Waals surface area contributed by atoms with Crippen molar-refractivity contribution in [3.05, 3.63) is 71.8 Å². The van der Waals surface area contributed by atoms with Crippen LogP contribution in [0.5, 0.6) is 0 Å². The molecule has 2 atom stereocenters. The van der Waals surface area contributed by atoms with Crippen molar-refractivity contribution in [1.82, 2.24) is 5.32 Å². The van der Waals surface area contributed by atoms with Gasteiger partial charge in [0.1, 0.15) is 0 Å². The van der Waals surface area contributed by atoms with E-state index in [-0.39, 0.29) is 11.8 Å². The zero-order valence-electron chi connectivity index (χ0n) is 15.5. The molecule has 0 radical (unpaired) electrons. The van der Waals surface area contributed by atoms with Crippen LogP contribution in [0.3, 0.4) is 0 Å². The van der Waals surface area contributed by atoms with Gasteiger partial charge in [-0.25, -0.2) is 0 Å². The Balaban J connectivity index is 1.64. The van der Waals surface area contributed by atoms with Gasteiger partial charge in [-0.3, -0.25) is 9.59 Å². The smallest absolute Gasteiger partial charge is 0.307 e. The topological polar surface area (TPSA) is 66.4 Å². The van der Waals surface area contributed by atoms with Crippen LogP contribution < -0.4 is 5.32 Å². The Morgan fingerprint density at radius 1 is 0.889 bits per heavy atom. The maximum atomic E-state index is 12.6. The quantitative estimate of drug-likeness (QED) is 0.772. The Bertz CT molecular complexity index is 705. The third kappa shape index (κ3) is 4.97. The molecule has 1 amide bonds. The molecule has 0 aliphatic heterocycles. The lowest BCUT2D eigenvalue weighted by molar-refractivity contribution is -0.148. The number of carbonyl (C=O) groups is 2. The third-order valence-electron chi connectivity index (χ3n) is 5.56. The van der Waals surface area contributed by atoms with Crippen molar-refractivity contribution in [2.75, 3.05) is 6.54 Å². The van der Waals surface area contributed by atoms with Crippen LogP contribution >= 0.6 is 0 Å². The molecule has 2 aromatic rings. The number of aliphatic carboxylic acids is 1. The minimum Gasteiger partial charge on any atom is -0.481 e. The minimum absolute atomic E-state index is 0.109. The number of nitrogens with one attached hydrogen (secondary N) is 1. The first kappa shape index (κ1) is 19.2. The predicted octanol–water partition coefficient (Wildman–Crippen LogP) is 4.22. The summed E-state index contributed by atoms with van der Waals surface area (Å²) < 4.78 is 0. The van der Waals surface area contributed by atoms with Gasteiger partial charge < -0.3 is 10.4 Å². The van der Waals surface area contributed by atoms with E-state index in [1.54, 1.807) is 0 Å². The number of benzene rings is 2. The van der Waals surface area contributed by atoms with Gasteiger partial charge in [0.15, 0.2) is 0 Å². The summed E-state index contributed by atoms with van der Waals surface area (Å²) in [4.78, 5) is 24.0. The summed E-state index contributed by atoms with van der Waals surface area (Å²) in [7, 11) is 0. The van der Waals surface area contributed by atoms with Gasteiger partial charge in [-0.2, -0.15) is 0 Å². The molecule has 1 saturated carbocycles. The van der Waals surface area contributed by atoms with E-state index < -0.39 is 17.8 Å². The van der Waals surface area contributed by atoms with Gasteiger partial charge >= 0.3 is 5.97 Å². The molecular weight excluding hydrogens is 338 g/mol. The van der Waals surface area contributed by atoms with Crippen LogP contribution in [0.1, 0.15) is 49.1 Å². The fourth-order valence-corrected chi connectivity index (χ4v) is 4.11. The highest BCUT2D eigenvalue weighted by Gasteiger charge is 2.35. The molecule has 2 N–H and O–H groups in total. The molecule has 1 fully saturated rings. The Labute approximate surface area is 160 Å². The molecule has 0 heterocycles. The number of hydrogen-bond donors (Lipinski definition) is 2. The standard InChI is InChI=1S/C23H27NO3/c25-22(20-13-7-8-14-21(20)23(26)27)24-16-15-19(17-9-3-1-4-10-17)18-11-5-2-6-12-18/h1-6,9-12,19-21H,7-8,13-16H2,(H,24,25)(H,26,27)/t20-,21-/m0/s1. The van der Waals surface area contributed by atoms with Crippen molar-refractivity contribution >= 4 is 11.9 Å². The Morgan fingerprint density at radius 3 is 1.93 bits per heavy atom. The lowest BCUT2D eigenvalue weighted by Crippen LogP contribution is -2.40.